The lowest BCUT2D eigenvalue weighted by molar-refractivity contribution is -0.566. The van der Waals surface area contributed by atoms with E-state index < -0.39 is 0 Å². The zero-order valence-corrected chi connectivity index (χ0v) is 6.72. The molecule has 0 aliphatic rings. The Labute approximate surface area is 66.9 Å². The fourth-order valence-electron chi connectivity index (χ4n) is 0.820. The SMILES string of the molecule is SCC[NH2+]c1ccccc1. The number of benzene rings is 1. The minimum Gasteiger partial charge on any atom is -0.313 e. The Hall–Kier alpha value is -0.470. The lowest BCUT2D eigenvalue weighted by atomic mass is 10.3. The topological polar surface area (TPSA) is 16.6 Å². The molecule has 0 bridgehead atoms. The molecule has 1 aromatic carbocycles. The maximum Gasteiger partial charge on any atom is 0.129 e. The van der Waals surface area contributed by atoms with Gasteiger partial charge in [0.1, 0.15) is 5.69 Å². The third-order valence-electron chi connectivity index (χ3n) is 1.31. The van der Waals surface area contributed by atoms with E-state index in [4.69, 9.17) is 0 Å². The zero-order valence-electron chi connectivity index (χ0n) is 5.83. The van der Waals surface area contributed by atoms with Gasteiger partial charge in [0.2, 0.25) is 0 Å². The van der Waals surface area contributed by atoms with Crippen LogP contribution in [0.15, 0.2) is 30.3 Å². The minimum atomic E-state index is 0.925. The largest absolute Gasteiger partial charge is 0.313 e. The Kier molecular flexibility index (Phi) is 3.33. The third kappa shape index (κ3) is 2.42. The molecule has 10 heavy (non-hydrogen) atoms. The molecule has 1 aromatic rings. The number of para-hydroxylation sites is 1. The first kappa shape index (κ1) is 7.63. The van der Waals surface area contributed by atoms with Gasteiger partial charge in [0.15, 0.2) is 0 Å². The fourth-order valence-corrected chi connectivity index (χ4v) is 0.949. The number of hydrogen-bond acceptors (Lipinski definition) is 1. The maximum atomic E-state index is 4.12. The molecule has 54 valence electrons. The van der Waals surface area contributed by atoms with Gasteiger partial charge in [-0.05, 0) is 12.1 Å². The van der Waals surface area contributed by atoms with Gasteiger partial charge in [-0.15, -0.1) is 0 Å². The monoisotopic (exact) mass is 154 g/mol. The van der Waals surface area contributed by atoms with Crippen LogP contribution >= 0.6 is 12.6 Å². The van der Waals surface area contributed by atoms with E-state index in [1.54, 1.807) is 0 Å². The Bertz CT molecular complexity index is 174. The van der Waals surface area contributed by atoms with Crippen LogP contribution in [0.5, 0.6) is 0 Å². The van der Waals surface area contributed by atoms with Crippen LogP contribution < -0.4 is 5.32 Å². The van der Waals surface area contributed by atoms with Crippen molar-refractivity contribution in [3.8, 4) is 0 Å². The van der Waals surface area contributed by atoms with E-state index in [0.717, 1.165) is 12.3 Å². The van der Waals surface area contributed by atoms with E-state index in [0.29, 0.717) is 0 Å². The molecule has 0 aromatic heterocycles. The van der Waals surface area contributed by atoms with Gasteiger partial charge >= 0.3 is 0 Å². The Morgan fingerprint density at radius 1 is 1.20 bits per heavy atom. The van der Waals surface area contributed by atoms with Crippen molar-refractivity contribution in [1.82, 2.24) is 0 Å². The number of thiol groups is 1. The van der Waals surface area contributed by atoms with Gasteiger partial charge in [-0.2, -0.15) is 12.6 Å². The van der Waals surface area contributed by atoms with Crippen LogP contribution in [0.2, 0.25) is 0 Å². The first-order chi connectivity index (χ1) is 4.93. The molecule has 0 saturated heterocycles. The van der Waals surface area contributed by atoms with Crippen LogP contribution in [0.4, 0.5) is 5.69 Å². The van der Waals surface area contributed by atoms with Crippen molar-refractivity contribution in [2.24, 2.45) is 0 Å². The van der Waals surface area contributed by atoms with E-state index in [9.17, 15) is 0 Å². The molecular weight excluding hydrogens is 142 g/mol. The first-order valence-corrected chi connectivity index (χ1v) is 4.06. The van der Waals surface area contributed by atoms with Crippen LogP contribution in [-0.2, 0) is 0 Å². The van der Waals surface area contributed by atoms with E-state index in [1.807, 2.05) is 18.2 Å². The lowest BCUT2D eigenvalue weighted by Gasteiger charge is -1.95. The summed E-state index contributed by atoms with van der Waals surface area (Å²) in [6.45, 7) is 1.05. The molecule has 0 spiro atoms. The molecule has 2 heteroatoms. The van der Waals surface area contributed by atoms with E-state index in [-0.39, 0.29) is 0 Å². The highest BCUT2D eigenvalue weighted by Crippen LogP contribution is 1.95. The molecule has 0 heterocycles. The summed E-state index contributed by atoms with van der Waals surface area (Å²) >= 11 is 4.12. The second-order valence-electron chi connectivity index (χ2n) is 2.13. The van der Waals surface area contributed by atoms with Crippen LogP contribution in [0.25, 0.3) is 0 Å². The van der Waals surface area contributed by atoms with E-state index in [2.05, 4.69) is 30.1 Å². The van der Waals surface area contributed by atoms with Crippen LogP contribution in [-0.4, -0.2) is 12.3 Å². The molecule has 1 rings (SSSR count). The van der Waals surface area contributed by atoms with Gasteiger partial charge in [0.05, 0.1) is 6.54 Å². The molecule has 1 nitrogen and oxygen atoms in total. The number of rotatable bonds is 3. The van der Waals surface area contributed by atoms with Gasteiger partial charge in [-0.25, -0.2) is 0 Å². The van der Waals surface area contributed by atoms with Gasteiger partial charge in [0, 0.05) is 5.75 Å². The molecule has 0 aliphatic carbocycles. The molecule has 0 fully saturated rings. The summed E-state index contributed by atoms with van der Waals surface area (Å²) in [5.41, 5.74) is 1.29. The average molecular weight is 154 g/mol. The molecular formula is C8H12NS+. The van der Waals surface area contributed by atoms with Crippen molar-refractivity contribution in [1.29, 1.82) is 0 Å². The molecule has 2 N–H and O–H groups in total. The molecule has 0 unspecified atom stereocenters. The predicted octanol–water partition coefficient (Wildman–Crippen LogP) is 0.811. The number of hydrogen-bond donors (Lipinski definition) is 2. The Morgan fingerprint density at radius 2 is 1.90 bits per heavy atom. The normalized spacial score (nSPS) is 9.70. The summed E-state index contributed by atoms with van der Waals surface area (Å²) in [7, 11) is 0. The van der Waals surface area contributed by atoms with Gasteiger partial charge in [-0.3, -0.25) is 0 Å². The second kappa shape index (κ2) is 4.36. The molecule has 0 aliphatic heterocycles. The Morgan fingerprint density at radius 3 is 2.50 bits per heavy atom. The summed E-state index contributed by atoms with van der Waals surface area (Å²) in [5, 5.41) is 2.19. The first-order valence-electron chi connectivity index (χ1n) is 3.42. The second-order valence-corrected chi connectivity index (χ2v) is 2.57. The smallest absolute Gasteiger partial charge is 0.129 e. The van der Waals surface area contributed by atoms with Gasteiger partial charge in [0.25, 0.3) is 0 Å². The van der Waals surface area contributed by atoms with Crippen LogP contribution in [0, 0.1) is 0 Å². The van der Waals surface area contributed by atoms with Crippen molar-refractivity contribution < 1.29 is 5.32 Å². The van der Waals surface area contributed by atoms with Crippen LogP contribution in [0.3, 0.4) is 0 Å². The van der Waals surface area contributed by atoms with Gasteiger partial charge < -0.3 is 5.32 Å². The van der Waals surface area contributed by atoms with Crippen molar-refractivity contribution in [2.75, 3.05) is 12.3 Å². The molecule has 0 radical (unpaired) electrons. The maximum absolute atomic E-state index is 4.12. The standard InChI is InChI=1S/C8H11NS/c10-7-6-9-8-4-2-1-3-5-8/h1-5,9-10H,6-7H2/p+1. The highest BCUT2D eigenvalue weighted by molar-refractivity contribution is 7.80. The average Bonchev–Trinajstić information content (AvgIpc) is 2.03. The third-order valence-corrected chi connectivity index (χ3v) is 1.57. The summed E-state index contributed by atoms with van der Waals surface area (Å²) in [6.07, 6.45) is 0. The van der Waals surface area contributed by atoms with E-state index in [1.165, 1.54) is 5.69 Å². The zero-order chi connectivity index (χ0) is 7.23. The molecule has 0 amide bonds. The van der Waals surface area contributed by atoms with Crippen molar-refractivity contribution in [3.05, 3.63) is 30.3 Å². The summed E-state index contributed by atoms with van der Waals surface area (Å²) in [5.74, 6) is 0.925. The number of quaternary nitrogens is 1. The summed E-state index contributed by atoms with van der Waals surface area (Å²) in [6, 6.07) is 10.3. The molecule has 0 saturated carbocycles. The van der Waals surface area contributed by atoms with Crippen molar-refractivity contribution in [2.45, 2.75) is 0 Å². The van der Waals surface area contributed by atoms with E-state index >= 15 is 0 Å². The van der Waals surface area contributed by atoms with Gasteiger partial charge in [-0.1, -0.05) is 18.2 Å². The summed E-state index contributed by atoms with van der Waals surface area (Å²) in [4.78, 5) is 0. The predicted molar refractivity (Wildman–Crippen MR) is 46.7 cm³/mol. The highest BCUT2D eigenvalue weighted by Gasteiger charge is 1.90. The highest BCUT2D eigenvalue weighted by atomic mass is 32.1. The fraction of sp³-hybridized carbons (Fsp3) is 0.250. The lowest BCUT2D eigenvalue weighted by Crippen LogP contribution is -2.78. The summed E-state index contributed by atoms with van der Waals surface area (Å²) < 4.78 is 0. The quantitative estimate of drug-likeness (QED) is 0.474. The Balaban J connectivity index is 2.43. The van der Waals surface area contributed by atoms with Crippen molar-refractivity contribution >= 4 is 18.3 Å². The minimum absolute atomic E-state index is 0.925. The van der Waals surface area contributed by atoms with Crippen molar-refractivity contribution in [3.63, 3.8) is 0 Å². The number of nitrogens with two attached hydrogens (primary N) is 1. The molecule has 0 atom stereocenters. The van der Waals surface area contributed by atoms with Crippen LogP contribution in [0.1, 0.15) is 0 Å².